The molecule has 0 saturated heterocycles. The monoisotopic (exact) mass is 135 g/mol. The average molecular weight is 135 g/mol. The molecule has 0 aromatic heterocycles. The van der Waals surface area contributed by atoms with Crippen LogP contribution in [-0.2, 0) is 0 Å². The van der Waals surface area contributed by atoms with Crippen LogP contribution in [0, 0.1) is 12.7 Å². The highest BCUT2D eigenvalue weighted by atomic mass is 19.1. The molecule has 0 aliphatic carbocycles. The van der Waals surface area contributed by atoms with E-state index in [1.165, 1.54) is 6.07 Å². The maximum atomic E-state index is 12.6. The Hall–Kier alpha value is -0.785. The highest BCUT2D eigenvalue weighted by Crippen LogP contribution is 2.01. The van der Waals surface area contributed by atoms with E-state index >= 15 is 0 Å². The summed E-state index contributed by atoms with van der Waals surface area (Å²) in [5, 5.41) is 0. The Balaban J connectivity index is 3.04. The maximum absolute atomic E-state index is 12.6. The van der Waals surface area contributed by atoms with Gasteiger partial charge in [-0.2, -0.15) is 0 Å². The van der Waals surface area contributed by atoms with Crippen LogP contribution in [0.3, 0.4) is 0 Å². The molecule has 1 aromatic rings. The van der Waals surface area contributed by atoms with E-state index < -0.39 is 0 Å². The van der Waals surface area contributed by atoms with Crippen molar-refractivity contribution in [3.05, 3.63) is 29.6 Å². The molecule has 2 heteroatoms. The largest absolute Gasteiger partial charge is 0.207 e. The zero-order chi connectivity index (χ0) is 7.56. The summed E-state index contributed by atoms with van der Waals surface area (Å²) in [5.74, 6) is -0.134. The molecule has 0 bridgehead atoms. The van der Waals surface area contributed by atoms with Gasteiger partial charge >= 0.3 is 0 Å². The SMILES string of the molecule is C[B]c1ccc(F)c(C)c1. The molecule has 0 spiro atoms. The second kappa shape index (κ2) is 2.87. The van der Waals surface area contributed by atoms with E-state index in [0.717, 1.165) is 5.46 Å². The lowest BCUT2D eigenvalue weighted by Crippen LogP contribution is -2.10. The Morgan fingerprint density at radius 2 is 2.10 bits per heavy atom. The molecule has 0 unspecified atom stereocenters. The van der Waals surface area contributed by atoms with Gasteiger partial charge in [-0.1, -0.05) is 24.4 Å². The van der Waals surface area contributed by atoms with Gasteiger partial charge in [0.25, 0.3) is 0 Å². The molecule has 0 aliphatic heterocycles. The van der Waals surface area contributed by atoms with Crippen LogP contribution in [0.2, 0.25) is 6.82 Å². The van der Waals surface area contributed by atoms with E-state index in [4.69, 9.17) is 0 Å². The molecule has 51 valence electrons. The van der Waals surface area contributed by atoms with E-state index in [2.05, 4.69) is 0 Å². The standard InChI is InChI=1S/C8H9BF/c1-6-5-7(9-2)3-4-8(6)10/h3-5H,1-2H3. The fourth-order valence-corrected chi connectivity index (χ4v) is 0.847. The smallest absolute Gasteiger partial charge is 0.148 e. The summed E-state index contributed by atoms with van der Waals surface area (Å²) in [4.78, 5) is 0. The third kappa shape index (κ3) is 1.38. The van der Waals surface area contributed by atoms with Gasteiger partial charge in [-0.15, -0.1) is 0 Å². The van der Waals surface area contributed by atoms with Gasteiger partial charge < -0.3 is 0 Å². The minimum absolute atomic E-state index is 0.134. The van der Waals surface area contributed by atoms with Gasteiger partial charge in [0, 0.05) is 0 Å². The lowest BCUT2D eigenvalue weighted by atomic mass is 9.73. The first-order valence-corrected chi connectivity index (χ1v) is 3.29. The average Bonchev–Trinajstić information content (AvgIpc) is 1.95. The molecule has 1 radical (unpaired) electrons. The Morgan fingerprint density at radius 1 is 1.40 bits per heavy atom. The van der Waals surface area contributed by atoms with E-state index in [1.54, 1.807) is 13.0 Å². The molecule has 0 fully saturated rings. The van der Waals surface area contributed by atoms with Crippen molar-refractivity contribution >= 4 is 12.7 Å². The van der Waals surface area contributed by atoms with Gasteiger partial charge in [0.1, 0.15) is 13.1 Å². The first-order valence-electron chi connectivity index (χ1n) is 3.29. The van der Waals surface area contributed by atoms with Crippen molar-refractivity contribution in [2.45, 2.75) is 13.7 Å². The zero-order valence-electron chi connectivity index (χ0n) is 6.19. The summed E-state index contributed by atoms with van der Waals surface area (Å²) in [6, 6.07) is 5.09. The van der Waals surface area contributed by atoms with Crippen LogP contribution in [0.25, 0.3) is 0 Å². The quantitative estimate of drug-likeness (QED) is 0.512. The number of hydrogen-bond acceptors (Lipinski definition) is 0. The molecule has 0 nitrogen and oxygen atoms in total. The van der Waals surface area contributed by atoms with Crippen LogP contribution in [-0.4, -0.2) is 7.28 Å². The van der Waals surface area contributed by atoms with Gasteiger partial charge in [0.05, 0.1) is 0 Å². The van der Waals surface area contributed by atoms with Crippen LogP contribution < -0.4 is 5.46 Å². The summed E-state index contributed by atoms with van der Waals surface area (Å²) in [7, 11) is 1.95. The molecule has 0 saturated carbocycles. The van der Waals surface area contributed by atoms with E-state index in [1.807, 2.05) is 20.2 Å². The Morgan fingerprint density at radius 3 is 2.60 bits per heavy atom. The normalized spacial score (nSPS) is 9.50. The van der Waals surface area contributed by atoms with Crippen LogP contribution in [0.1, 0.15) is 5.56 Å². The maximum Gasteiger partial charge on any atom is 0.148 e. The third-order valence-corrected chi connectivity index (χ3v) is 1.52. The first-order chi connectivity index (χ1) is 4.74. The van der Waals surface area contributed by atoms with Crippen LogP contribution in [0.15, 0.2) is 18.2 Å². The van der Waals surface area contributed by atoms with Gasteiger partial charge in [-0.3, -0.25) is 0 Å². The fourth-order valence-electron chi connectivity index (χ4n) is 0.847. The highest BCUT2D eigenvalue weighted by Gasteiger charge is 1.95. The van der Waals surface area contributed by atoms with Crippen molar-refractivity contribution in [3.8, 4) is 0 Å². The van der Waals surface area contributed by atoms with Crippen LogP contribution >= 0.6 is 0 Å². The van der Waals surface area contributed by atoms with E-state index in [9.17, 15) is 4.39 Å². The molecule has 1 rings (SSSR count). The summed E-state index contributed by atoms with van der Waals surface area (Å²) in [5.41, 5.74) is 1.77. The summed E-state index contributed by atoms with van der Waals surface area (Å²) in [6.45, 7) is 3.70. The Kier molecular flexibility index (Phi) is 2.10. The Labute approximate surface area is 61.3 Å². The molecule has 1 aromatic carbocycles. The minimum atomic E-state index is -0.134. The van der Waals surface area contributed by atoms with E-state index in [-0.39, 0.29) is 5.82 Å². The molecule has 0 N–H and O–H groups in total. The summed E-state index contributed by atoms with van der Waals surface area (Å²) >= 11 is 0. The lowest BCUT2D eigenvalue weighted by Gasteiger charge is -1.97. The number of halogens is 1. The molecule has 0 heterocycles. The molecule has 0 aliphatic rings. The molecule has 0 atom stereocenters. The minimum Gasteiger partial charge on any atom is -0.207 e. The van der Waals surface area contributed by atoms with Gasteiger partial charge in [0.2, 0.25) is 0 Å². The van der Waals surface area contributed by atoms with Crippen molar-refractivity contribution in [1.82, 2.24) is 0 Å². The van der Waals surface area contributed by atoms with Gasteiger partial charge in [-0.05, 0) is 18.6 Å². The first kappa shape index (κ1) is 7.32. The van der Waals surface area contributed by atoms with Crippen molar-refractivity contribution in [3.63, 3.8) is 0 Å². The van der Waals surface area contributed by atoms with Crippen molar-refractivity contribution in [2.24, 2.45) is 0 Å². The van der Waals surface area contributed by atoms with Gasteiger partial charge in [-0.25, -0.2) is 4.39 Å². The highest BCUT2D eigenvalue weighted by molar-refractivity contribution is 6.51. The predicted molar refractivity (Wildman–Crippen MR) is 42.4 cm³/mol. The molecular weight excluding hydrogens is 126 g/mol. The topological polar surface area (TPSA) is 0 Å². The third-order valence-electron chi connectivity index (χ3n) is 1.52. The number of hydrogen-bond donors (Lipinski definition) is 0. The second-order valence-corrected chi connectivity index (χ2v) is 2.30. The number of aryl methyl sites for hydroxylation is 1. The van der Waals surface area contributed by atoms with E-state index in [0.29, 0.717) is 5.56 Å². The Bertz CT molecular complexity index is 233. The summed E-state index contributed by atoms with van der Waals surface area (Å²) < 4.78 is 12.6. The zero-order valence-corrected chi connectivity index (χ0v) is 6.19. The van der Waals surface area contributed by atoms with Crippen molar-refractivity contribution in [2.75, 3.05) is 0 Å². The second-order valence-electron chi connectivity index (χ2n) is 2.30. The molecular formula is C8H9BF. The molecule has 10 heavy (non-hydrogen) atoms. The number of rotatable bonds is 1. The number of benzene rings is 1. The van der Waals surface area contributed by atoms with Crippen molar-refractivity contribution < 1.29 is 4.39 Å². The predicted octanol–water partition coefficient (Wildman–Crippen LogP) is 1.51. The fraction of sp³-hybridized carbons (Fsp3) is 0.250. The van der Waals surface area contributed by atoms with Gasteiger partial charge in [0.15, 0.2) is 0 Å². The van der Waals surface area contributed by atoms with Crippen LogP contribution in [0.5, 0.6) is 0 Å². The lowest BCUT2D eigenvalue weighted by molar-refractivity contribution is 0.619. The summed E-state index contributed by atoms with van der Waals surface area (Å²) in [6.07, 6.45) is 0. The van der Waals surface area contributed by atoms with Crippen molar-refractivity contribution in [1.29, 1.82) is 0 Å². The van der Waals surface area contributed by atoms with Crippen LogP contribution in [0.4, 0.5) is 4.39 Å². The molecule has 0 amide bonds.